The van der Waals surface area contributed by atoms with Crippen LogP contribution in [0.1, 0.15) is 5.56 Å². The number of hydrogen-bond donors (Lipinski definition) is 1. The number of anilines is 1. The van der Waals surface area contributed by atoms with E-state index in [4.69, 9.17) is 11.6 Å². The Hall–Kier alpha value is -1.22. The number of carbonyl (C=O) groups is 1. The maximum absolute atomic E-state index is 11.3. The quantitative estimate of drug-likeness (QED) is 0.716. The number of nitrogens with one attached hydrogen (secondary N) is 1. The summed E-state index contributed by atoms with van der Waals surface area (Å²) in [6.45, 7) is 1.21. The van der Waals surface area contributed by atoms with Crippen molar-refractivity contribution in [1.82, 2.24) is 5.32 Å². The summed E-state index contributed by atoms with van der Waals surface area (Å²) >= 11 is 5.95. The van der Waals surface area contributed by atoms with Crippen molar-refractivity contribution in [2.45, 2.75) is 12.5 Å². The number of halogens is 1. The largest absolute Gasteiger partial charge is 0.357 e. The molecule has 1 aromatic carbocycles. The van der Waals surface area contributed by atoms with E-state index in [0.29, 0.717) is 12.6 Å². The third kappa shape index (κ3) is 1.38. The van der Waals surface area contributed by atoms with Gasteiger partial charge in [-0.1, -0.05) is 11.6 Å². The highest BCUT2D eigenvalue weighted by Crippen LogP contribution is 2.34. The first kappa shape index (κ1) is 9.04. The van der Waals surface area contributed by atoms with Crippen LogP contribution in [0.3, 0.4) is 0 Å². The zero-order valence-electron chi connectivity index (χ0n) is 8.16. The van der Waals surface area contributed by atoms with Crippen molar-refractivity contribution in [1.29, 1.82) is 0 Å². The molecule has 15 heavy (non-hydrogen) atoms. The van der Waals surface area contributed by atoms with E-state index in [1.807, 2.05) is 18.2 Å². The normalized spacial score (nSPS) is 23.4. The summed E-state index contributed by atoms with van der Waals surface area (Å²) in [6, 6.07) is 6.31. The lowest BCUT2D eigenvalue weighted by atomic mass is 10.1. The van der Waals surface area contributed by atoms with E-state index in [0.717, 1.165) is 18.0 Å². The van der Waals surface area contributed by atoms with Gasteiger partial charge in [0.05, 0.1) is 12.6 Å². The molecule has 0 saturated carbocycles. The van der Waals surface area contributed by atoms with Gasteiger partial charge in [-0.2, -0.15) is 0 Å². The van der Waals surface area contributed by atoms with Crippen molar-refractivity contribution in [3.8, 4) is 0 Å². The zero-order chi connectivity index (χ0) is 10.4. The number of benzene rings is 1. The van der Waals surface area contributed by atoms with E-state index < -0.39 is 0 Å². The van der Waals surface area contributed by atoms with Crippen LogP contribution in [0.15, 0.2) is 18.2 Å². The minimum atomic E-state index is 0.106. The van der Waals surface area contributed by atoms with Gasteiger partial charge in [-0.05, 0) is 30.2 Å². The molecule has 0 bridgehead atoms. The Kier molecular flexibility index (Phi) is 1.89. The van der Waals surface area contributed by atoms with Gasteiger partial charge in [-0.15, -0.1) is 0 Å². The van der Waals surface area contributed by atoms with Gasteiger partial charge in [-0.3, -0.25) is 4.79 Å². The molecule has 2 aliphatic rings. The molecule has 1 unspecified atom stereocenters. The van der Waals surface area contributed by atoms with Gasteiger partial charge in [0.15, 0.2) is 0 Å². The van der Waals surface area contributed by atoms with Gasteiger partial charge < -0.3 is 10.2 Å². The van der Waals surface area contributed by atoms with Crippen LogP contribution in [-0.2, 0) is 11.2 Å². The van der Waals surface area contributed by atoms with Crippen LogP contribution in [0.2, 0.25) is 5.02 Å². The molecule has 0 spiro atoms. The molecular formula is C11H11ClN2O. The number of nitrogens with zero attached hydrogens (tertiary/aromatic N) is 1. The standard InChI is InChI=1S/C11H11ClN2O/c12-8-1-2-10-7(3-8)4-9-5-13-11(15)6-14(9)10/h1-3,9H,4-6H2,(H,13,15). The fraction of sp³-hybridized carbons (Fsp3) is 0.364. The summed E-state index contributed by atoms with van der Waals surface area (Å²) in [5.74, 6) is 0.106. The van der Waals surface area contributed by atoms with Gasteiger partial charge in [0, 0.05) is 17.3 Å². The van der Waals surface area contributed by atoms with E-state index >= 15 is 0 Å². The first-order chi connectivity index (χ1) is 7.24. The Labute approximate surface area is 93.0 Å². The molecule has 3 rings (SSSR count). The lowest BCUT2D eigenvalue weighted by Gasteiger charge is -2.31. The van der Waals surface area contributed by atoms with Crippen LogP contribution in [0.4, 0.5) is 5.69 Å². The number of amides is 1. The average molecular weight is 223 g/mol. The molecule has 0 radical (unpaired) electrons. The topological polar surface area (TPSA) is 32.3 Å². The SMILES string of the molecule is O=C1CN2c3ccc(Cl)cc3CC2CN1. The maximum Gasteiger partial charge on any atom is 0.239 e. The fourth-order valence-corrected chi connectivity index (χ4v) is 2.59. The van der Waals surface area contributed by atoms with Gasteiger partial charge in [0.1, 0.15) is 0 Å². The highest BCUT2D eigenvalue weighted by atomic mass is 35.5. The Morgan fingerprint density at radius 3 is 3.20 bits per heavy atom. The smallest absolute Gasteiger partial charge is 0.239 e. The minimum absolute atomic E-state index is 0.106. The van der Waals surface area contributed by atoms with Crippen molar-refractivity contribution < 1.29 is 4.79 Å². The Morgan fingerprint density at radius 1 is 1.47 bits per heavy atom. The van der Waals surface area contributed by atoms with Crippen LogP contribution < -0.4 is 10.2 Å². The lowest BCUT2D eigenvalue weighted by molar-refractivity contribution is -0.120. The second-order valence-corrected chi connectivity index (χ2v) is 4.50. The van der Waals surface area contributed by atoms with Gasteiger partial charge >= 0.3 is 0 Å². The fourth-order valence-electron chi connectivity index (χ4n) is 2.40. The zero-order valence-corrected chi connectivity index (χ0v) is 8.92. The van der Waals surface area contributed by atoms with E-state index in [1.165, 1.54) is 11.3 Å². The van der Waals surface area contributed by atoms with Gasteiger partial charge in [-0.25, -0.2) is 0 Å². The van der Waals surface area contributed by atoms with Crippen molar-refractivity contribution >= 4 is 23.2 Å². The molecule has 1 fully saturated rings. The highest BCUT2D eigenvalue weighted by molar-refractivity contribution is 6.30. The molecule has 2 heterocycles. The van der Waals surface area contributed by atoms with Crippen molar-refractivity contribution in [3.63, 3.8) is 0 Å². The van der Waals surface area contributed by atoms with Gasteiger partial charge in [0.25, 0.3) is 0 Å². The second-order valence-electron chi connectivity index (χ2n) is 4.06. The van der Waals surface area contributed by atoms with Crippen LogP contribution >= 0.6 is 11.6 Å². The van der Waals surface area contributed by atoms with E-state index in [2.05, 4.69) is 10.2 Å². The molecule has 0 aliphatic carbocycles. The molecule has 2 aliphatic heterocycles. The monoisotopic (exact) mass is 222 g/mol. The van der Waals surface area contributed by atoms with Crippen LogP contribution in [-0.4, -0.2) is 25.0 Å². The Bertz CT molecular complexity index is 433. The van der Waals surface area contributed by atoms with E-state index in [9.17, 15) is 4.79 Å². The minimum Gasteiger partial charge on any atom is -0.357 e. The van der Waals surface area contributed by atoms with E-state index in [1.54, 1.807) is 0 Å². The molecule has 3 nitrogen and oxygen atoms in total. The molecular weight excluding hydrogens is 212 g/mol. The maximum atomic E-state index is 11.3. The van der Waals surface area contributed by atoms with Crippen molar-refractivity contribution in [3.05, 3.63) is 28.8 Å². The van der Waals surface area contributed by atoms with E-state index in [-0.39, 0.29) is 5.91 Å². The summed E-state index contributed by atoms with van der Waals surface area (Å²) in [5, 5.41) is 3.66. The average Bonchev–Trinajstić information content (AvgIpc) is 2.54. The Balaban J connectivity index is 2.00. The van der Waals surface area contributed by atoms with Crippen molar-refractivity contribution in [2.75, 3.05) is 18.0 Å². The van der Waals surface area contributed by atoms with Crippen LogP contribution in [0.25, 0.3) is 0 Å². The van der Waals surface area contributed by atoms with Crippen molar-refractivity contribution in [2.24, 2.45) is 0 Å². The third-order valence-corrected chi connectivity index (χ3v) is 3.33. The number of fused-ring (bicyclic) bond motifs is 3. The number of carbonyl (C=O) groups excluding carboxylic acids is 1. The second kappa shape index (κ2) is 3.14. The van der Waals surface area contributed by atoms with Crippen LogP contribution in [0.5, 0.6) is 0 Å². The predicted octanol–water partition coefficient (Wildman–Crippen LogP) is 1.20. The molecule has 0 aromatic heterocycles. The number of piperazine rings is 1. The van der Waals surface area contributed by atoms with Crippen LogP contribution in [0, 0.1) is 0 Å². The highest BCUT2D eigenvalue weighted by Gasteiger charge is 2.33. The third-order valence-electron chi connectivity index (χ3n) is 3.10. The summed E-state index contributed by atoms with van der Waals surface area (Å²) < 4.78 is 0. The molecule has 1 N–H and O–H groups in total. The predicted molar refractivity (Wildman–Crippen MR) is 59.3 cm³/mol. The first-order valence-corrected chi connectivity index (χ1v) is 5.43. The summed E-state index contributed by atoms with van der Waals surface area (Å²) in [7, 11) is 0. The van der Waals surface area contributed by atoms with Gasteiger partial charge in [0.2, 0.25) is 5.91 Å². The summed E-state index contributed by atoms with van der Waals surface area (Å²) in [6.07, 6.45) is 0.982. The molecule has 78 valence electrons. The molecule has 1 amide bonds. The molecule has 4 heteroatoms. The molecule has 1 saturated heterocycles. The summed E-state index contributed by atoms with van der Waals surface area (Å²) in [4.78, 5) is 13.5. The Morgan fingerprint density at radius 2 is 2.33 bits per heavy atom. The lowest BCUT2D eigenvalue weighted by Crippen LogP contribution is -2.52. The molecule has 1 aromatic rings. The molecule has 1 atom stereocenters. The number of rotatable bonds is 0. The summed E-state index contributed by atoms with van der Waals surface area (Å²) in [5.41, 5.74) is 2.42. The first-order valence-electron chi connectivity index (χ1n) is 5.06. The number of hydrogen-bond acceptors (Lipinski definition) is 2.